The van der Waals surface area contributed by atoms with Crippen LogP contribution >= 0.6 is 0 Å². The third-order valence-corrected chi connectivity index (χ3v) is 5.24. The van der Waals surface area contributed by atoms with Gasteiger partial charge in [0, 0.05) is 11.4 Å². The second-order valence-electron chi connectivity index (χ2n) is 6.27. The van der Waals surface area contributed by atoms with Gasteiger partial charge in [-0.25, -0.2) is 14.1 Å². The van der Waals surface area contributed by atoms with Crippen LogP contribution in [0.2, 0.25) is 0 Å². The Balaban J connectivity index is 1.65. The molecule has 3 atom stereocenters. The van der Waals surface area contributed by atoms with Crippen LogP contribution in [-0.4, -0.2) is 28.9 Å². The molecule has 5 rings (SSSR count). The van der Waals surface area contributed by atoms with Gasteiger partial charge in [0.05, 0.1) is 5.69 Å². The first kappa shape index (κ1) is 12.2. The van der Waals surface area contributed by atoms with E-state index in [-0.39, 0.29) is 35.5 Å². The van der Waals surface area contributed by atoms with E-state index in [4.69, 9.17) is 4.42 Å². The van der Waals surface area contributed by atoms with Crippen molar-refractivity contribution in [3.8, 4) is 0 Å². The van der Waals surface area contributed by atoms with Gasteiger partial charge in [-0.1, -0.05) is 6.07 Å². The average Bonchev–Trinajstić information content (AvgIpc) is 3.23. The van der Waals surface area contributed by atoms with Crippen molar-refractivity contribution in [2.75, 3.05) is 4.90 Å². The van der Waals surface area contributed by atoms with E-state index in [1.54, 1.807) is 17.0 Å². The number of amides is 3. The van der Waals surface area contributed by atoms with Crippen LogP contribution in [-0.2, 0) is 4.79 Å². The van der Waals surface area contributed by atoms with Gasteiger partial charge in [0.25, 0.3) is 5.91 Å². The summed E-state index contributed by atoms with van der Waals surface area (Å²) in [5, 5.41) is 0.454. The number of imide groups is 1. The van der Waals surface area contributed by atoms with Crippen molar-refractivity contribution in [1.29, 1.82) is 0 Å². The highest BCUT2D eigenvalue weighted by molar-refractivity contribution is 6.24. The van der Waals surface area contributed by atoms with E-state index in [2.05, 4.69) is 0 Å². The largest absolute Gasteiger partial charge is 0.459 e. The second-order valence-corrected chi connectivity index (χ2v) is 6.27. The van der Waals surface area contributed by atoms with Gasteiger partial charge in [-0.05, 0) is 37.3 Å². The molecule has 2 saturated heterocycles. The number of carbonyl (C=O) groups excluding carboxylic acids is 2. The molecule has 1 saturated carbocycles. The van der Waals surface area contributed by atoms with Gasteiger partial charge < -0.3 is 9.32 Å². The van der Waals surface area contributed by atoms with Crippen LogP contribution < -0.4 is 4.90 Å². The van der Waals surface area contributed by atoms with Crippen molar-refractivity contribution in [3.05, 3.63) is 30.3 Å². The summed E-state index contributed by atoms with van der Waals surface area (Å²) in [5.74, 6) is -0.436. The molecule has 3 heterocycles. The van der Waals surface area contributed by atoms with Gasteiger partial charge in [0.2, 0.25) is 0 Å². The molecule has 1 unspecified atom stereocenters. The number of furan rings is 1. The highest BCUT2D eigenvalue weighted by Gasteiger charge is 2.59. The number of halogens is 1. The Bertz CT molecular complexity index is 802. The zero-order valence-corrected chi connectivity index (χ0v) is 11.7. The molecule has 6 heteroatoms. The number of carbonyl (C=O) groups is 2. The molecule has 112 valence electrons. The van der Waals surface area contributed by atoms with E-state index in [1.807, 2.05) is 0 Å². The Labute approximate surface area is 125 Å². The minimum absolute atomic E-state index is 0.0770. The Morgan fingerprint density at radius 3 is 2.91 bits per heavy atom. The summed E-state index contributed by atoms with van der Waals surface area (Å²) in [5.41, 5.74) is 0.423. The standard InChI is InChI=1S/C16H13FN2O3/c17-11-3-1-2-10-12(7-22-14(10)11)19-15(20)13-8-4-5-9(6-8)18(13)16(19)21/h1-3,7-9,13H,4-6H2/t8-,9+,13?/m1/s1. The molecule has 2 bridgehead atoms. The topological polar surface area (TPSA) is 53.8 Å². The molecule has 3 fully saturated rings. The molecular weight excluding hydrogens is 287 g/mol. The fourth-order valence-corrected chi connectivity index (χ4v) is 4.33. The number of rotatable bonds is 1. The lowest BCUT2D eigenvalue weighted by atomic mass is 9.99. The summed E-state index contributed by atoms with van der Waals surface area (Å²) < 4.78 is 19.0. The molecule has 3 amide bonds. The highest BCUT2D eigenvalue weighted by atomic mass is 19.1. The van der Waals surface area contributed by atoms with Crippen LogP contribution in [0.3, 0.4) is 0 Å². The van der Waals surface area contributed by atoms with Gasteiger partial charge in [-0.2, -0.15) is 0 Å². The molecule has 1 aliphatic carbocycles. The number of nitrogens with zero attached hydrogens (tertiary/aromatic N) is 2. The van der Waals surface area contributed by atoms with Crippen molar-refractivity contribution in [2.45, 2.75) is 31.3 Å². The lowest BCUT2D eigenvalue weighted by Gasteiger charge is -2.25. The first-order valence-electron chi connectivity index (χ1n) is 7.49. The summed E-state index contributed by atoms with van der Waals surface area (Å²) in [7, 11) is 0. The molecule has 5 nitrogen and oxygen atoms in total. The number of para-hydroxylation sites is 1. The van der Waals surface area contributed by atoms with Gasteiger partial charge >= 0.3 is 6.03 Å². The van der Waals surface area contributed by atoms with Crippen molar-refractivity contribution >= 4 is 28.6 Å². The van der Waals surface area contributed by atoms with E-state index >= 15 is 0 Å². The normalized spacial score (nSPS) is 30.0. The molecule has 3 aliphatic rings. The van der Waals surface area contributed by atoms with Gasteiger partial charge in [0.15, 0.2) is 11.4 Å². The first-order valence-corrected chi connectivity index (χ1v) is 7.49. The lowest BCUT2D eigenvalue weighted by molar-refractivity contribution is -0.120. The van der Waals surface area contributed by atoms with E-state index in [1.165, 1.54) is 17.2 Å². The Kier molecular flexibility index (Phi) is 2.15. The molecule has 1 aromatic carbocycles. The Hall–Kier alpha value is -2.37. The van der Waals surface area contributed by atoms with E-state index in [0.29, 0.717) is 11.1 Å². The van der Waals surface area contributed by atoms with Crippen LogP contribution in [0, 0.1) is 11.7 Å². The van der Waals surface area contributed by atoms with Crippen LogP contribution in [0.5, 0.6) is 0 Å². The highest BCUT2D eigenvalue weighted by Crippen LogP contribution is 2.48. The van der Waals surface area contributed by atoms with Gasteiger partial charge in [0.1, 0.15) is 12.3 Å². The number of urea groups is 1. The fraction of sp³-hybridized carbons (Fsp3) is 0.375. The molecule has 22 heavy (non-hydrogen) atoms. The van der Waals surface area contributed by atoms with Crippen molar-refractivity contribution in [2.24, 2.45) is 5.92 Å². The quantitative estimate of drug-likeness (QED) is 0.761. The average molecular weight is 300 g/mol. The SMILES string of the molecule is O=C1C2[C@@H]3CC[C@@H](C3)N2C(=O)N1c1coc2c(F)cccc12. The third-order valence-electron chi connectivity index (χ3n) is 5.24. The summed E-state index contributed by atoms with van der Waals surface area (Å²) in [6.45, 7) is 0. The number of hydrogen-bond acceptors (Lipinski definition) is 3. The molecule has 1 aromatic heterocycles. The predicted octanol–water partition coefficient (Wildman–Crippen LogP) is 2.89. The second kappa shape index (κ2) is 3.88. The maximum absolute atomic E-state index is 13.8. The predicted molar refractivity (Wildman–Crippen MR) is 75.8 cm³/mol. The fourth-order valence-electron chi connectivity index (χ4n) is 4.33. The summed E-state index contributed by atoms with van der Waals surface area (Å²) >= 11 is 0. The first-order chi connectivity index (χ1) is 10.7. The molecule has 2 aromatic rings. The molecule has 0 radical (unpaired) electrons. The molecule has 2 aliphatic heterocycles. The van der Waals surface area contributed by atoms with E-state index in [9.17, 15) is 14.0 Å². The van der Waals surface area contributed by atoms with Crippen molar-refractivity contribution in [1.82, 2.24) is 4.90 Å². The molecule has 0 spiro atoms. The number of fused-ring (bicyclic) bond motifs is 6. The van der Waals surface area contributed by atoms with Crippen LogP contribution in [0.25, 0.3) is 11.0 Å². The van der Waals surface area contributed by atoms with Crippen LogP contribution in [0.1, 0.15) is 19.3 Å². The van der Waals surface area contributed by atoms with Crippen LogP contribution in [0.4, 0.5) is 14.9 Å². The number of benzene rings is 1. The van der Waals surface area contributed by atoms with E-state index < -0.39 is 5.82 Å². The Morgan fingerprint density at radius 1 is 1.23 bits per heavy atom. The maximum atomic E-state index is 13.8. The number of piperidine rings is 1. The zero-order valence-electron chi connectivity index (χ0n) is 11.7. The summed E-state index contributed by atoms with van der Waals surface area (Å²) in [4.78, 5) is 28.3. The maximum Gasteiger partial charge on any atom is 0.332 e. The minimum atomic E-state index is -0.497. The Morgan fingerprint density at radius 2 is 2.09 bits per heavy atom. The number of hydrogen-bond donors (Lipinski definition) is 0. The smallest absolute Gasteiger partial charge is 0.332 e. The number of anilines is 1. The summed E-state index contributed by atoms with van der Waals surface area (Å²) in [6, 6.07) is 4.04. The summed E-state index contributed by atoms with van der Waals surface area (Å²) in [6.07, 6.45) is 4.19. The van der Waals surface area contributed by atoms with Gasteiger partial charge in [-0.3, -0.25) is 4.79 Å². The van der Waals surface area contributed by atoms with Crippen molar-refractivity contribution < 1.29 is 18.4 Å². The van der Waals surface area contributed by atoms with E-state index in [0.717, 1.165) is 19.3 Å². The monoisotopic (exact) mass is 300 g/mol. The van der Waals surface area contributed by atoms with Crippen molar-refractivity contribution in [3.63, 3.8) is 0 Å². The van der Waals surface area contributed by atoms with Gasteiger partial charge in [-0.15, -0.1) is 0 Å². The molecular formula is C16H13FN2O3. The zero-order chi connectivity index (χ0) is 15.0. The lowest BCUT2D eigenvalue weighted by Crippen LogP contribution is -2.40. The van der Waals surface area contributed by atoms with Crippen LogP contribution in [0.15, 0.2) is 28.9 Å². The minimum Gasteiger partial charge on any atom is -0.459 e. The third kappa shape index (κ3) is 1.28. The molecule has 0 N–H and O–H groups in total.